The lowest BCUT2D eigenvalue weighted by atomic mass is 10.5. The second-order valence-electron chi connectivity index (χ2n) is 1.67. The summed E-state index contributed by atoms with van der Waals surface area (Å²) >= 11 is 5.46. The third-order valence-electron chi connectivity index (χ3n) is 0.950. The largest absolute Gasteiger partial charge is 0.306 e. The number of nitrogens with zero attached hydrogens (tertiary/aromatic N) is 2. The van der Waals surface area contributed by atoms with Crippen molar-refractivity contribution in [1.82, 2.24) is 5.01 Å². The first-order valence-corrected chi connectivity index (χ1v) is 2.78. The molecule has 1 aliphatic heterocycles. The van der Waals surface area contributed by atoms with Gasteiger partial charge in [-0.05, 0) is 0 Å². The van der Waals surface area contributed by atoms with Gasteiger partial charge in [-0.2, -0.15) is 0 Å². The van der Waals surface area contributed by atoms with Crippen LogP contribution in [0.2, 0.25) is 0 Å². The standard InChI is InChI=1S/C4H7ClN4/c5-3-2-9(7)4(6)1-8-3/h1-2,4H,6-7H2. The maximum atomic E-state index is 5.46. The molecule has 1 rings (SSSR count). The van der Waals surface area contributed by atoms with Crippen LogP contribution in [0.4, 0.5) is 0 Å². The van der Waals surface area contributed by atoms with Crippen LogP contribution in [0.5, 0.6) is 0 Å². The van der Waals surface area contributed by atoms with Crippen LogP contribution in [0.25, 0.3) is 0 Å². The average Bonchev–Trinajstić information content (AvgIpc) is 1.80. The van der Waals surface area contributed by atoms with E-state index in [4.69, 9.17) is 23.2 Å². The number of rotatable bonds is 0. The Bertz CT molecular complexity index is 164. The van der Waals surface area contributed by atoms with Gasteiger partial charge in [0.2, 0.25) is 0 Å². The first-order valence-electron chi connectivity index (χ1n) is 2.40. The Balaban J connectivity index is 2.70. The lowest BCUT2D eigenvalue weighted by Gasteiger charge is -2.20. The van der Waals surface area contributed by atoms with Crippen LogP contribution in [0.3, 0.4) is 0 Å². The quantitative estimate of drug-likeness (QED) is 0.360. The highest BCUT2D eigenvalue weighted by molar-refractivity contribution is 6.29. The highest BCUT2D eigenvalue weighted by Gasteiger charge is 2.07. The van der Waals surface area contributed by atoms with Crippen molar-refractivity contribution < 1.29 is 0 Å². The van der Waals surface area contributed by atoms with Gasteiger partial charge in [0, 0.05) is 6.21 Å². The van der Waals surface area contributed by atoms with Crippen molar-refractivity contribution in [3.05, 3.63) is 11.4 Å². The minimum atomic E-state index is -0.354. The molecule has 4 nitrogen and oxygen atoms in total. The zero-order chi connectivity index (χ0) is 6.85. The maximum Gasteiger partial charge on any atom is 0.146 e. The smallest absolute Gasteiger partial charge is 0.146 e. The summed E-state index contributed by atoms with van der Waals surface area (Å²) < 4.78 is 0. The zero-order valence-corrected chi connectivity index (χ0v) is 5.42. The highest BCUT2D eigenvalue weighted by Crippen LogP contribution is 2.07. The van der Waals surface area contributed by atoms with E-state index in [2.05, 4.69) is 4.99 Å². The predicted octanol–water partition coefficient (Wildman–Crippen LogP) is -0.431. The topological polar surface area (TPSA) is 67.6 Å². The van der Waals surface area contributed by atoms with Gasteiger partial charge < -0.3 is 5.73 Å². The summed E-state index contributed by atoms with van der Waals surface area (Å²) in [4.78, 5) is 3.72. The molecule has 0 saturated heterocycles. The molecule has 4 N–H and O–H groups in total. The van der Waals surface area contributed by atoms with Gasteiger partial charge in [0.15, 0.2) is 0 Å². The number of nitrogens with two attached hydrogens (primary N) is 2. The third kappa shape index (κ3) is 1.41. The Kier molecular flexibility index (Phi) is 1.70. The van der Waals surface area contributed by atoms with E-state index in [0.29, 0.717) is 5.16 Å². The number of hydrogen-bond donors (Lipinski definition) is 2. The molecule has 0 fully saturated rings. The fourth-order valence-corrected chi connectivity index (χ4v) is 0.636. The van der Waals surface area contributed by atoms with Gasteiger partial charge in [0.25, 0.3) is 0 Å². The van der Waals surface area contributed by atoms with Crippen LogP contribution < -0.4 is 11.6 Å². The van der Waals surface area contributed by atoms with E-state index in [1.165, 1.54) is 17.4 Å². The predicted molar refractivity (Wildman–Crippen MR) is 36.4 cm³/mol. The van der Waals surface area contributed by atoms with Gasteiger partial charge in [-0.15, -0.1) is 0 Å². The SMILES string of the molecule is NC1C=NC(Cl)=CN1N. The van der Waals surface area contributed by atoms with Crippen molar-refractivity contribution in [1.29, 1.82) is 0 Å². The van der Waals surface area contributed by atoms with Crippen molar-refractivity contribution in [2.24, 2.45) is 16.6 Å². The normalized spacial score (nSPS) is 26.3. The van der Waals surface area contributed by atoms with E-state index < -0.39 is 0 Å². The van der Waals surface area contributed by atoms with Crippen LogP contribution >= 0.6 is 11.6 Å². The number of hydrazine groups is 1. The molecule has 0 saturated carbocycles. The molecule has 0 spiro atoms. The molecule has 1 aliphatic rings. The summed E-state index contributed by atoms with van der Waals surface area (Å²) in [6.07, 6.45) is 2.58. The molecule has 0 amide bonds. The zero-order valence-electron chi connectivity index (χ0n) is 4.66. The second-order valence-corrected chi connectivity index (χ2v) is 2.06. The second kappa shape index (κ2) is 2.34. The summed E-state index contributed by atoms with van der Waals surface area (Å²) in [5.74, 6) is 5.32. The Hall–Kier alpha value is -0.580. The number of hydrogen-bond acceptors (Lipinski definition) is 4. The van der Waals surface area contributed by atoms with E-state index in [9.17, 15) is 0 Å². The van der Waals surface area contributed by atoms with Gasteiger partial charge >= 0.3 is 0 Å². The molecular formula is C4H7ClN4. The van der Waals surface area contributed by atoms with Gasteiger partial charge in [-0.25, -0.2) is 10.8 Å². The van der Waals surface area contributed by atoms with E-state index in [0.717, 1.165) is 0 Å². The molecule has 50 valence electrons. The maximum absolute atomic E-state index is 5.46. The molecule has 0 aromatic rings. The Morgan fingerprint density at radius 1 is 1.78 bits per heavy atom. The fourth-order valence-electron chi connectivity index (χ4n) is 0.467. The number of aliphatic imine (C=N–C) groups is 1. The highest BCUT2D eigenvalue weighted by atomic mass is 35.5. The summed E-state index contributed by atoms with van der Waals surface area (Å²) in [7, 11) is 0. The summed E-state index contributed by atoms with van der Waals surface area (Å²) in [6, 6.07) is 0. The van der Waals surface area contributed by atoms with Gasteiger partial charge in [-0.3, -0.25) is 5.01 Å². The molecule has 0 bridgehead atoms. The Morgan fingerprint density at radius 2 is 2.44 bits per heavy atom. The molecule has 1 unspecified atom stereocenters. The van der Waals surface area contributed by atoms with Crippen molar-refractivity contribution in [2.45, 2.75) is 6.17 Å². The number of halogens is 1. The Morgan fingerprint density at radius 3 is 2.89 bits per heavy atom. The molecule has 0 aromatic heterocycles. The molecule has 5 heteroatoms. The van der Waals surface area contributed by atoms with Crippen LogP contribution in [0, 0.1) is 0 Å². The van der Waals surface area contributed by atoms with Crippen molar-refractivity contribution in [3.63, 3.8) is 0 Å². The van der Waals surface area contributed by atoms with Crippen molar-refractivity contribution in [2.75, 3.05) is 0 Å². The van der Waals surface area contributed by atoms with Crippen LogP contribution in [-0.2, 0) is 0 Å². The molecule has 0 radical (unpaired) electrons. The summed E-state index contributed by atoms with van der Waals surface area (Å²) in [6.45, 7) is 0. The van der Waals surface area contributed by atoms with Gasteiger partial charge in [0.05, 0.1) is 6.20 Å². The molecule has 1 heterocycles. The van der Waals surface area contributed by atoms with Crippen LogP contribution in [0.1, 0.15) is 0 Å². The lowest BCUT2D eigenvalue weighted by molar-refractivity contribution is 0.354. The van der Waals surface area contributed by atoms with Gasteiger partial charge in [0.1, 0.15) is 11.3 Å². The lowest BCUT2D eigenvalue weighted by Crippen LogP contribution is -2.45. The first kappa shape index (κ1) is 6.54. The molecule has 0 aromatic carbocycles. The minimum absolute atomic E-state index is 0.346. The monoisotopic (exact) mass is 146 g/mol. The van der Waals surface area contributed by atoms with E-state index in [-0.39, 0.29) is 6.17 Å². The van der Waals surface area contributed by atoms with E-state index >= 15 is 0 Å². The molecular weight excluding hydrogens is 140 g/mol. The summed E-state index contributed by atoms with van der Waals surface area (Å²) in [5, 5.41) is 1.63. The van der Waals surface area contributed by atoms with E-state index in [1.54, 1.807) is 0 Å². The van der Waals surface area contributed by atoms with Crippen molar-refractivity contribution in [3.8, 4) is 0 Å². The molecule has 0 aliphatic carbocycles. The van der Waals surface area contributed by atoms with Gasteiger partial charge in [-0.1, -0.05) is 11.6 Å². The fraction of sp³-hybridized carbons (Fsp3) is 0.250. The summed E-state index contributed by atoms with van der Waals surface area (Å²) in [5.41, 5.74) is 5.39. The first-order chi connectivity index (χ1) is 4.20. The Labute approximate surface area is 57.7 Å². The van der Waals surface area contributed by atoms with E-state index in [1.807, 2.05) is 0 Å². The van der Waals surface area contributed by atoms with Crippen LogP contribution in [-0.4, -0.2) is 17.4 Å². The van der Waals surface area contributed by atoms with Crippen LogP contribution in [0.15, 0.2) is 16.3 Å². The molecule has 9 heavy (non-hydrogen) atoms. The minimum Gasteiger partial charge on any atom is -0.306 e. The molecule has 1 atom stereocenters. The van der Waals surface area contributed by atoms with Crippen molar-refractivity contribution >= 4 is 17.8 Å². The average molecular weight is 147 g/mol. The third-order valence-corrected chi connectivity index (χ3v) is 1.15.